The molecular formula is C15H20O4. The third kappa shape index (κ3) is 0.867. The van der Waals surface area contributed by atoms with E-state index in [4.69, 9.17) is 18.9 Å². The molecule has 4 saturated carbocycles. The third-order valence-electron chi connectivity index (χ3n) is 7.27. The van der Waals surface area contributed by atoms with Crippen LogP contribution < -0.4 is 0 Å². The van der Waals surface area contributed by atoms with Crippen molar-refractivity contribution in [1.29, 1.82) is 0 Å². The van der Waals surface area contributed by atoms with Gasteiger partial charge in [0, 0.05) is 23.7 Å². The molecule has 2 heterocycles. The third-order valence-corrected chi connectivity index (χ3v) is 7.27. The van der Waals surface area contributed by atoms with Crippen molar-refractivity contribution in [2.75, 3.05) is 26.4 Å². The maximum absolute atomic E-state index is 6.15. The standard InChI is InChI=1S/C15H20O4/c1-2-17-14(16-1)9-5-11-13(7-9)8-10(14)6-12(13)15(11)18-3-4-19-15/h9-12H,1-8H2. The van der Waals surface area contributed by atoms with Gasteiger partial charge in [0.15, 0.2) is 11.6 Å². The Morgan fingerprint density at radius 1 is 0.632 bits per heavy atom. The zero-order valence-corrected chi connectivity index (χ0v) is 11.1. The Kier molecular flexibility index (Phi) is 1.60. The average Bonchev–Trinajstić information content (AvgIpc) is 3.13. The largest absolute Gasteiger partial charge is 0.347 e. The lowest BCUT2D eigenvalue weighted by atomic mass is 9.51. The normalized spacial score (nSPS) is 58.1. The van der Waals surface area contributed by atoms with Crippen LogP contribution in [0, 0.1) is 29.1 Å². The molecular weight excluding hydrogens is 244 g/mol. The molecule has 3 spiro atoms. The molecule has 3 bridgehead atoms. The van der Waals surface area contributed by atoms with Gasteiger partial charge in [0.2, 0.25) is 0 Å². The highest BCUT2D eigenvalue weighted by Crippen LogP contribution is 2.82. The Balaban J connectivity index is 1.47. The lowest BCUT2D eigenvalue weighted by molar-refractivity contribution is -0.338. The van der Waals surface area contributed by atoms with Gasteiger partial charge >= 0.3 is 0 Å². The van der Waals surface area contributed by atoms with Crippen LogP contribution in [0.15, 0.2) is 0 Å². The van der Waals surface area contributed by atoms with E-state index >= 15 is 0 Å². The molecule has 4 heteroatoms. The first-order chi connectivity index (χ1) is 9.30. The molecule has 104 valence electrons. The maximum atomic E-state index is 6.15. The summed E-state index contributed by atoms with van der Waals surface area (Å²) in [5.74, 6) is 1.94. The maximum Gasteiger partial charge on any atom is 0.175 e. The van der Waals surface area contributed by atoms with Crippen LogP contribution in [0.1, 0.15) is 25.7 Å². The number of fused-ring (bicyclic) bond motifs is 6. The molecule has 19 heavy (non-hydrogen) atoms. The van der Waals surface area contributed by atoms with Gasteiger partial charge in [-0.25, -0.2) is 0 Å². The second kappa shape index (κ2) is 2.89. The quantitative estimate of drug-likeness (QED) is 0.665. The highest BCUT2D eigenvalue weighted by Gasteiger charge is 2.84. The van der Waals surface area contributed by atoms with E-state index in [2.05, 4.69) is 0 Å². The van der Waals surface area contributed by atoms with Crippen molar-refractivity contribution in [3.8, 4) is 0 Å². The molecule has 4 unspecified atom stereocenters. The Morgan fingerprint density at radius 3 is 1.63 bits per heavy atom. The molecule has 4 atom stereocenters. The summed E-state index contributed by atoms with van der Waals surface area (Å²) < 4.78 is 24.5. The highest BCUT2D eigenvalue weighted by molar-refractivity contribution is 5.28. The minimum atomic E-state index is -0.229. The van der Waals surface area contributed by atoms with Crippen LogP contribution in [0.5, 0.6) is 0 Å². The molecule has 0 amide bonds. The predicted molar refractivity (Wildman–Crippen MR) is 64.1 cm³/mol. The molecule has 0 aromatic carbocycles. The predicted octanol–water partition coefficient (Wildman–Crippen LogP) is 1.54. The molecule has 0 aromatic rings. The van der Waals surface area contributed by atoms with Crippen LogP contribution in [-0.4, -0.2) is 38.0 Å². The molecule has 0 radical (unpaired) electrons. The number of hydrogen-bond acceptors (Lipinski definition) is 4. The monoisotopic (exact) mass is 264 g/mol. The number of ether oxygens (including phenoxy) is 4. The van der Waals surface area contributed by atoms with Gasteiger partial charge in [-0.3, -0.25) is 0 Å². The molecule has 6 aliphatic rings. The summed E-state index contributed by atoms with van der Waals surface area (Å²) in [7, 11) is 0. The summed E-state index contributed by atoms with van der Waals surface area (Å²) in [6, 6.07) is 0. The van der Waals surface area contributed by atoms with Crippen LogP contribution in [0.3, 0.4) is 0 Å². The van der Waals surface area contributed by atoms with E-state index in [1.807, 2.05) is 0 Å². The van der Waals surface area contributed by atoms with Gasteiger partial charge in [0.25, 0.3) is 0 Å². The summed E-state index contributed by atoms with van der Waals surface area (Å²) in [5, 5.41) is 0. The van der Waals surface area contributed by atoms with E-state index < -0.39 is 0 Å². The van der Waals surface area contributed by atoms with Crippen molar-refractivity contribution < 1.29 is 18.9 Å². The molecule has 4 nitrogen and oxygen atoms in total. The van der Waals surface area contributed by atoms with Gasteiger partial charge in [-0.1, -0.05) is 0 Å². The Morgan fingerprint density at radius 2 is 1.11 bits per heavy atom. The smallest absolute Gasteiger partial charge is 0.175 e. The minimum Gasteiger partial charge on any atom is -0.347 e. The van der Waals surface area contributed by atoms with Crippen LogP contribution in [-0.2, 0) is 18.9 Å². The second-order valence-corrected chi connectivity index (χ2v) is 7.45. The minimum absolute atomic E-state index is 0.205. The highest BCUT2D eigenvalue weighted by atomic mass is 16.7. The van der Waals surface area contributed by atoms with Gasteiger partial charge in [-0.05, 0) is 31.1 Å². The van der Waals surface area contributed by atoms with Crippen LogP contribution in [0.2, 0.25) is 0 Å². The van der Waals surface area contributed by atoms with Crippen LogP contribution in [0.4, 0.5) is 0 Å². The topological polar surface area (TPSA) is 36.9 Å². The van der Waals surface area contributed by atoms with Crippen molar-refractivity contribution >= 4 is 0 Å². The molecule has 6 rings (SSSR count). The van der Waals surface area contributed by atoms with Gasteiger partial charge < -0.3 is 18.9 Å². The first-order valence-electron chi connectivity index (χ1n) is 7.86. The fourth-order valence-corrected chi connectivity index (χ4v) is 7.00. The molecule has 4 aliphatic carbocycles. The summed E-state index contributed by atoms with van der Waals surface area (Å²) in [4.78, 5) is 0. The molecule has 0 N–H and O–H groups in total. The summed E-state index contributed by atoms with van der Waals surface area (Å²) in [6.07, 6.45) is 4.95. The fraction of sp³-hybridized carbons (Fsp3) is 1.00. The van der Waals surface area contributed by atoms with Gasteiger partial charge in [-0.15, -0.1) is 0 Å². The van der Waals surface area contributed by atoms with Crippen molar-refractivity contribution in [2.24, 2.45) is 29.1 Å². The Hall–Kier alpha value is -0.160. The molecule has 2 aliphatic heterocycles. The first kappa shape index (κ1) is 10.6. The van der Waals surface area contributed by atoms with Crippen LogP contribution >= 0.6 is 0 Å². The van der Waals surface area contributed by atoms with E-state index in [0.717, 1.165) is 26.4 Å². The fourth-order valence-electron chi connectivity index (χ4n) is 7.00. The SMILES string of the molecule is C1COC2(O1)C1CC3C4(C1)CC2CC4C31OCCO1. The molecule has 6 fully saturated rings. The Labute approximate surface area is 112 Å². The lowest BCUT2D eigenvalue weighted by Gasteiger charge is -2.60. The van der Waals surface area contributed by atoms with E-state index in [1.165, 1.54) is 25.7 Å². The molecule has 2 saturated heterocycles. The van der Waals surface area contributed by atoms with E-state index in [-0.39, 0.29) is 11.6 Å². The van der Waals surface area contributed by atoms with E-state index in [9.17, 15) is 0 Å². The lowest BCUT2D eigenvalue weighted by Crippen LogP contribution is -2.65. The van der Waals surface area contributed by atoms with Gasteiger partial charge in [0.05, 0.1) is 26.4 Å². The van der Waals surface area contributed by atoms with E-state index in [1.54, 1.807) is 0 Å². The zero-order valence-electron chi connectivity index (χ0n) is 11.1. The van der Waals surface area contributed by atoms with E-state index in [0.29, 0.717) is 29.1 Å². The van der Waals surface area contributed by atoms with Crippen molar-refractivity contribution in [1.82, 2.24) is 0 Å². The number of rotatable bonds is 0. The number of hydrogen-bond donors (Lipinski definition) is 0. The first-order valence-corrected chi connectivity index (χ1v) is 7.86. The van der Waals surface area contributed by atoms with Gasteiger partial charge in [0.1, 0.15) is 0 Å². The Bertz CT molecular complexity index is 419. The second-order valence-electron chi connectivity index (χ2n) is 7.45. The van der Waals surface area contributed by atoms with Gasteiger partial charge in [-0.2, -0.15) is 0 Å². The van der Waals surface area contributed by atoms with Crippen molar-refractivity contribution in [3.63, 3.8) is 0 Å². The molecule has 0 aromatic heterocycles. The zero-order chi connectivity index (χ0) is 12.3. The van der Waals surface area contributed by atoms with Crippen molar-refractivity contribution in [3.05, 3.63) is 0 Å². The summed E-state index contributed by atoms with van der Waals surface area (Å²) >= 11 is 0. The van der Waals surface area contributed by atoms with Crippen LogP contribution in [0.25, 0.3) is 0 Å². The average molecular weight is 264 g/mol. The van der Waals surface area contributed by atoms with Crippen molar-refractivity contribution in [2.45, 2.75) is 37.3 Å². The summed E-state index contributed by atoms with van der Waals surface area (Å²) in [6.45, 7) is 3.15. The summed E-state index contributed by atoms with van der Waals surface area (Å²) in [5.41, 5.74) is 0.514.